The van der Waals surface area contributed by atoms with Gasteiger partial charge >= 0.3 is 0 Å². The smallest absolute Gasteiger partial charge is 0.280 e. The summed E-state index contributed by atoms with van der Waals surface area (Å²) < 4.78 is 40.3. The zero-order valence-electron chi connectivity index (χ0n) is 16.4. The highest BCUT2D eigenvalue weighted by molar-refractivity contribution is 6.30. The Bertz CT molecular complexity index is 994. The predicted molar refractivity (Wildman–Crippen MR) is 111 cm³/mol. The standard InChI is InChI=1S/C21H21ClF3N5O/c22-13-6-12(7-14(23)9-13)18-10-19(30-29-18)27-21(26-15-2-1-3-15)28-20(31)11-4-5-16(24)17(25)8-11/h4-9,15,18-19,29-30H,1-3,10H2,(H2,26,27,28,31). The second kappa shape index (κ2) is 9.25. The van der Waals surface area contributed by atoms with E-state index >= 15 is 0 Å². The van der Waals surface area contributed by atoms with Crippen molar-refractivity contribution in [2.24, 2.45) is 4.99 Å². The molecule has 2 unspecified atom stereocenters. The molecule has 1 saturated heterocycles. The Labute approximate surface area is 182 Å². The molecule has 1 aliphatic carbocycles. The van der Waals surface area contributed by atoms with Crippen molar-refractivity contribution in [2.45, 2.75) is 43.9 Å². The molecule has 1 heterocycles. The third kappa shape index (κ3) is 5.36. The Kier molecular flexibility index (Phi) is 6.45. The molecule has 4 N–H and O–H groups in total. The number of aliphatic imine (C=N–C) groups is 1. The molecule has 4 rings (SSSR count). The van der Waals surface area contributed by atoms with Crippen molar-refractivity contribution in [3.63, 3.8) is 0 Å². The Morgan fingerprint density at radius 2 is 1.84 bits per heavy atom. The minimum absolute atomic E-state index is 0.0570. The van der Waals surface area contributed by atoms with E-state index in [0.717, 1.165) is 31.4 Å². The van der Waals surface area contributed by atoms with Gasteiger partial charge in [-0.25, -0.2) is 24.0 Å². The van der Waals surface area contributed by atoms with E-state index in [2.05, 4.69) is 26.5 Å². The summed E-state index contributed by atoms with van der Waals surface area (Å²) >= 11 is 5.94. The molecule has 164 valence electrons. The molecule has 0 aromatic heterocycles. The van der Waals surface area contributed by atoms with Crippen LogP contribution in [0.15, 0.2) is 41.4 Å². The topological polar surface area (TPSA) is 77.5 Å². The number of hydrazine groups is 1. The molecule has 2 fully saturated rings. The molecule has 1 aliphatic heterocycles. The Morgan fingerprint density at radius 3 is 2.52 bits per heavy atom. The van der Waals surface area contributed by atoms with Crippen LogP contribution in [0.1, 0.15) is 47.6 Å². The van der Waals surface area contributed by atoms with E-state index in [-0.39, 0.29) is 29.8 Å². The molecule has 6 nitrogen and oxygen atoms in total. The second-order valence-electron chi connectivity index (χ2n) is 7.64. The predicted octanol–water partition coefficient (Wildman–Crippen LogP) is 3.55. The zero-order chi connectivity index (χ0) is 22.0. The summed E-state index contributed by atoms with van der Waals surface area (Å²) in [6, 6.07) is 7.18. The van der Waals surface area contributed by atoms with Crippen LogP contribution in [-0.4, -0.2) is 24.1 Å². The normalized spacial score (nSPS) is 21.6. The first-order chi connectivity index (χ1) is 14.9. The van der Waals surface area contributed by atoms with Crippen molar-refractivity contribution in [1.29, 1.82) is 0 Å². The number of guanidine groups is 1. The van der Waals surface area contributed by atoms with E-state index < -0.39 is 23.4 Å². The van der Waals surface area contributed by atoms with Crippen LogP contribution in [0.5, 0.6) is 0 Å². The monoisotopic (exact) mass is 451 g/mol. The van der Waals surface area contributed by atoms with E-state index in [0.29, 0.717) is 17.0 Å². The van der Waals surface area contributed by atoms with E-state index in [4.69, 9.17) is 11.6 Å². The van der Waals surface area contributed by atoms with Crippen LogP contribution in [-0.2, 0) is 0 Å². The molecule has 0 bridgehead atoms. The second-order valence-corrected chi connectivity index (χ2v) is 8.08. The molecule has 2 atom stereocenters. The number of benzene rings is 2. The van der Waals surface area contributed by atoms with E-state index in [9.17, 15) is 18.0 Å². The molecule has 1 amide bonds. The minimum atomic E-state index is -1.11. The summed E-state index contributed by atoms with van der Waals surface area (Å²) in [6.07, 6.45) is 3.16. The Hall–Kier alpha value is -2.62. The van der Waals surface area contributed by atoms with Gasteiger partial charge in [0.2, 0.25) is 5.96 Å². The van der Waals surface area contributed by atoms with Crippen LogP contribution >= 0.6 is 11.6 Å². The van der Waals surface area contributed by atoms with Gasteiger partial charge in [-0.2, -0.15) is 4.99 Å². The Morgan fingerprint density at radius 1 is 1.03 bits per heavy atom. The van der Waals surface area contributed by atoms with E-state index in [1.165, 1.54) is 18.2 Å². The first-order valence-electron chi connectivity index (χ1n) is 9.95. The van der Waals surface area contributed by atoms with Gasteiger partial charge in [-0.3, -0.25) is 4.79 Å². The number of nitrogens with one attached hydrogen (secondary N) is 4. The Balaban J connectivity index is 1.47. The van der Waals surface area contributed by atoms with Crippen LogP contribution in [0.4, 0.5) is 13.2 Å². The fraction of sp³-hybridized carbons (Fsp3) is 0.333. The number of hydrogen-bond donors (Lipinski definition) is 4. The van der Waals surface area contributed by atoms with Gasteiger partial charge in [-0.05, 0) is 61.2 Å². The van der Waals surface area contributed by atoms with E-state index in [1.54, 1.807) is 6.07 Å². The molecular weight excluding hydrogens is 431 g/mol. The van der Waals surface area contributed by atoms with Crippen LogP contribution in [0.25, 0.3) is 0 Å². The van der Waals surface area contributed by atoms with Crippen LogP contribution in [0.2, 0.25) is 5.02 Å². The molecule has 1 saturated carbocycles. The van der Waals surface area contributed by atoms with Crippen molar-refractivity contribution < 1.29 is 18.0 Å². The summed E-state index contributed by atoms with van der Waals surface area (Å²) in [5.74, 6) is -3.03. The van der Waals surface area contributed by atoms with Crippen molar-refractivity contribution in [1.82, 2.24) is 21.5 Å². The lowest BCUT2D eigenvalue weighted by Crippen LogP contribution is -2.53. The highest BCUT2D eigenvalue weighted by atomic mass is 35.5. The fourth-order valence-electron chi connectivity index (χ4n) is 3.46. The van der Waals surface area contributed by atoms with Gasteiger partial charge in [-0.1, -0.05) is 11.6 Å². The number of halogens is 4. The van der Waals surface area contributed by atoms with Gasteiger partial charge in [0.15, 0.2) is 11.6 Å². The van der Waals surface area contributed by atoms with Crippen LogP contribution < -0.4 is 21.5 Å². The quantitative estimate of drug-likeness (QED) is 0.422. The highest BCUT2D eigenvalue weighted by Gasteiger charge is 2.28. The first-order valence-corrected chi connectivity index (χ1v) is 10.3. The maximum absolute atomic E-state index is 13.7. The van der Waals surface area contributed by atoms with Crippen LogP contribution in [0.3, 0.4) is 0 Å². The third-order valence-corrected chi connectivity index (χ3v) is 5.55. The summed E-state index contributed by atoms with van der Waals surface area (Å²) in [4.78, 5) is 16.5. The van der Waals surface area contributed by atoms with Gasteiger partial charge in [0, 0.05) is 29.1 Å². The summed E-state index contributed by atoms with van der Waals surface area (Å²) in [5, 5.41) is 6.61. The molecule has 10 heteroatoms. The number of hydrogen-bond acceptors (Lipinski definition) is 3. The first kappa shape index (κ1) is 21.6. The molecular formula is C21H21ClF3N5O. The van der Waals surface area contributed by atoms with Crippen molar-refractivity contribution in [3.8, 4) is 0 Å². The highest BCUT2D eigenvalue weighted by Crippen LogP contribution is 2.25. The average Bonchev–Trinajstić information content (AvgIpc) is 3.14. The van der Waals surface area contributed by atoms with Gasteiger partial charge in [-0.15, -0.1) is 0 Å². The third-order valence-electron chi connectivity index (χ3n) is 5.33. The van der Waals surface area contributed by atoms with Gasteiger partial charge < -0.3 is 10.6 Å². The minimum Gasteiger partial charge on any atom is -0.353 e. The number of carbonyl (C=O) groups excluding carboxylic acids is 1. The lowest BCUT2D eigenvalue weighted by atomic mass is 9.93. The van der Waals surface area contributed by atoms with Crippen molar-refractivity contribution >= 4 is 23.5 Å². The number of nitrogens with zero attached hydrogens (tertiary/aromatic N) is 1. The summed E-state index contributed by atoms with van der Waals surface area (Å²) in [6.45, 7) is 0. The lowest BCUT2D eigenvalue weighted by molar-refractivity contribution is 0.100. The van der Waals surface area contributed by atoms with Crippen molar-refractivity contribution in [3.05, 3.63) is 70.0 Å². The molecule has 0 radical (unpaired) electrons. The summed E-state index contributed by atoms with van der Waals surface area (Å²) in [5.41, 5.74) is 6.74. The molecule has 0 spiro atoms. The lowest BCUT2D eigenvalue weighted by Gasteiger charge is -2.29. The SMILES string of the molecule is O=C(/N=C(/NC1CCC1)NC1CC(c2cc(F)cc(Cl)c2)NN1)c1ccc(F)c(F)c1. The van der Waals surface area contributed by atoms with Gasteiger partial charge in [0.05, 0.1) is 6.17 Å². The number of amides is 1. The van der Waals surface area contributed by atoms with Crippen molar-refractivity contribution in [2.75, 3.05) is 0 Å². The summed E-state index contributed by atoms with van der Waals surface area (Å²) in [7, 11) is 0. The number of carbonyl (C=O) groups is 1. The van der Waals surface area contributed by atoms with Crippen LogP contribution in [0, 0.1) is 17.5 Å². The number of rotatable bonds is 4. The molecule has 2 aliphatic rings. The molecule has 2 aromatic carbocycles. The van der Waals surface area contributed by atoms with Gasteiger partial charge in [0.25, 0.3) is 5.91 Å². The van der Waals surface area contributed by atoms with E-state index in [1.807, 2.05) is 0 Å². The maximum Gasteiger partial charge on any atom is 0.280 e. The fourth-order valence-corrected chi connectivity index (χ4v) is 3.69. The molecule has 2 aromatic rings. The molecule has 31 heavy (non-hydrogen) atoms. The average molecular weight is 452 g/mol. The zero-order valence-corrected chi connectivity index (χ0v) is 17.1. The largest absolute Gasteiger partial charge is 0.353 e. The van der Waals surface area contributed by atoms with Gasteiger partial charge in [0.1, 0.15) is 5.82 Å². The maximum atomic E-state index is 13.7.